The van der Waals surface area contributed by atoms with E-state index in [2.05, 4.69) is 32.0 Å². The fraction of sp³-hybridized carbons (Fsp3) is 0.800. The van der Waals surface area contributed by atoms with Gasteiger partial charge in [0.25, 0.3) is 0 Å². The van der Waals surface area contributed by atoms with Gasteiger partial charge in [-0.15, -0.1) is 6.42 Å². The molecule has 0 spiro atoms. The first-order chi connectivity index (χ1) is 5.55. The SMILES string of the molecule is C#CC(CC)NC(C)(C)COC. The molecule has 12 heavy (non-hydrogen) atoms. The molecule has 0 aromatic heterocycles. The van der Waals surface area contributed by atoms with Gasteiger partial charge in [0, 0.05) is 12.6 Å². The lowest BCUT2D eigenvalue weighted by molar-refractivity contribution is 0.124. The molecule has 0 aromatic rings. The highest BCUT2D eigenvalue weighted by molar-refractivity contribution is 5.00. The summed E-state index contributed by atoms with van der Waals surface area (Å²) < 4.78 is 5.07. The van der Waals surface area contributed by atoms with Gasteiger partial charge in [-0.1, -0.05) is 12.8 Å². The van der Waals surface area contributed by atoms with Crippen LogP contribution in [-0.4, -0.2) is 25.3 Å². The van der Waals surface area contributed by atoms with Crippen molar-refractivity contribution < 1.29 is 4.74 Å². The summed E-state index contributed by atoms with van der Waals surface area (Å²) in [6.07, 6.45) is 6.28. The van der Waals surface area contributed by atoms with E-state index >= 15 is 0 Å². The summed E-state index contributed by atoms with van der Waals surface area (Å²) in [5.41, 5.74) is -0.0399. The van der Waals surface area contributed by atoms with Crippen molar-refractivity contribution in [3.8, 4) is 12.3 Å². The minimum absolute atomic E-state index is 0.0399. The quantitative estimate of drug-likeness (QED) is 0.628. The van der Waals surface area contributed by atoms with E-state index in [-0.39, 0.29) is 11.6 Å². The van der Waals surface area contributed by atoms with Crippen molar-refractivity contribution in [1.82, 2.24) is 5.32 Å². The Balaban J connectivity index is 3.95. The summed E-state index contributed by atoms with van der Waals surface area (Å²) >= 11 is 0. The Hall–Kier alpha value is -0.520. The van der Waals surface area contributed by atoms with Gasteiger partial charge < -0.3 is 4.74 Å². The van der Waals surface area contributed by atoms with Crippen LogP contribution in [0.2, 0.25) is 0 Å². The Labute approximate surface area is 75.7 Å². The summed E-state index contributed by atoms with van der Waals surface area (Å²) in [5.74, 6) is 2.70. The summed E-state index contributed by atoms with van der Waals surface area (Å²) in [6, 6.07) is 0.148. The number of hydrogen-bond acceptors (Lipinski definition) is 2. The van der Waals surface area contributed by atoms with E-state index in [1.165, 1.54) is 0 Å². The number of ether oxygens (including phenoxy) is 1. The highest BCUT2D eigenvalue weighted by Gasteiger charge is 2.19. The molecule has 0 fully saturated rings. The molecular formula is C10H19NO. The molecule has 1 atom stereocenters. The highest BCUT2D eigenvalue weighted by Crippen LogP contribution is 2.05. The lowest BCUT2D eigenvalue weighted by Gasteiger charge is -2.28. The van der Waals surface area contributed by atoms with Crippen LogP contribution in [0.3, 0.4) is 0 Å². The fourth-order valence-corrected chi connectivity index (χ4v) is 1.14. The number of nitrogens with one attached hydrogen (secondary N) is 1. The predicted octanol–water partition coefficient (Wildman–Crippen LogP) is 1.41. The molecule has 0 saturated carbocycles. The van der Waals surface area contributed by atoms with Gasteiger partial charge in [-0.25, -0.2) is 0 Å². The van der Waals surface area contributed by atoms with E-state index in [0.29, 0.717) is 6.61 Å². The molecule has 70 valence electrons. The maximum absolute atomic E-state index is 5.33. The lowest BCUT2D eigenvalue weighted by Crippen LogP contribution is -2.48. The number of hydrogen-bond donors (Lipinski definition) is 1. The first-order valence-electron chi connectivity index (χ1n) is 4.28. The van der Waals surface area contributed by atoms with E-state index in [1.54, 1.807) is 7.11 Å². The van der Waals surface area contributed by atoms with Crippen LogP contribution in [-0.2, 0) is 4.74 Å². The topological polar surface area (TPSA) is 21.3 Å². The van der Waals surface area contributed by atoms with Crippen molar-refractivity contribution in [3.05, 3.63) is 0 Å². The molecule has 0 aliphatic carbocycles. The van der Waals surface area contributed by atoms with Gasteiger partial charge >= 0.3 is 0 Å². The van der Waals surface area contributed by atoms with Crippen LogP contribution >= 0.6 is 0 Å². The molecule has 1 N–H and O–H groups in total. The molecule has 0 heterocycles. The number of rotatable bonds is 5. The molecule has 0 aliphatic heterocycles. The minimum Gasteiger partial charge on any atom is -0.383 e. The first-order valence-corrected chi connectivity index (χ1v) is 4.28. The van der Waals surface area contributed by atoms with Crippen molar-refractivity contribution in [3.63, 3.8) is 0 Å². The molecule has 0 radical (unpaired) electrons. The second-order valence-corrected chi connectivity index (χ2v) is 3.59. The van der Waals surface area contributed by atoms with Crippen molar-refractivity contribution in [1.29, 1.82) is 0 Å². The fourth-order valence-electron chi connectivity index (χ4n) is 1.14. The van der Waals surface area contributed by atoms with Gasteiger partial charge in [0.1, 0.15) is 0 Å². The van der Waals surface area contributed by atoms with Gasteiger partial charge in [-0.2, -0.15) is 0 Å². The summed E-state index contributed by atoms with van der Waals surface area (Å²) in [4.78, 5) is 0. The number of terminal acetylenes is 1. The van der Waals surface area contributed by atoms with Crippen molar-refractivity contribution in [2.45, 2.75) is 38.8 Å². The van der Waals surface area contributed by atoms with Crippen LogP contribution in [0.15, 0.2) is 0 Å². The smallest absolute Gasteiger partial charge is 0.0689 e. The van der Waals surface area contributed by atoms with E-state index < -0.39 is 0 Å². The second kappa shape index (κ2) is 5.18. The number of methoxy groups -OCH3 is 1. The lowest BCUT2D eigenvalue weighted by atomic mass is 10.0. The third-order valence-electron chi connectivity index (χ3n) is 1.68. The summed E-state index contributed by atoms with van der Waals surface area (Å²) in [5, 5.41) is 3.33. The largest absolute Gasteiger partial charge is 0.383 e. The Morgan fingerprint density at radius 2 is 2.17 bits per heavy atom. The van der Waals surface area contributed by atoms with E-state index in [9.17, 15) is 0 Å². The van der Waals surface area contributed by atoms with Crippen molar-refractivity contribution in [2.24, 2.45) is 0 Å². The molecule has 0 saturated heterocycles. The summed E-state index contributed by atoms with van der Waals surface area (Å²) in [7, 11) is 1.69. The third-order valence-corrected chi connectivity index (χ3v) is 1.68. The molecule has 0 amide bonds. The minimum atomic E-state index is -0.0399. The molecule has 0 aromatic carbocycles. The van der Waals surface area contributed by atoms with Crippen LogP contribution < -0.4 is 5.32 Å². The highest BCUT2D eigenvalue weighted by atomic mass is 16.5. The van der Waals surface area contributed by atoms with Gasteiger partial charge in [0.05, 0.1) is 12.6 Å². The van der Waals surface area contributed by atoms with Crippen molar-refractivity contribution >= 4 is 0 Å². The van der Waals surface area contributed by atoms with Crippen LogP contribution in [0.1, 0.15) is 27.2 Å². The molecule has 2 nitrogen and oxygen atoms in total. The normalized spacial score (nSPS) is 13.9. The first kappa shape index (κ1) is 11.5. The van der Waals surface area contributed by atoms with E-state index in [0.717, 1.165) is 6.42 Å². The van der Waals surface area contributed by atoms with Crippen molar-refractivity contribution in [2.75, 3.05) is 13.7 Å². The van der Waals surface area contributed by atoms with Gasteiger partial charge in [-0.3, -0.25) is 5.32 Å². The standard InChI is InChI=1S/C10H19NO/c1-6-9(7-2)11-10(3,4)8-12-5/h1,9,11H,7-8H2,2-5H3. The summed E-state index contributed by atoms with van der Waals surface area (Å²) in [6.45, 7) is 6.90. The Bertz CT molecular complexity index is 158. The molecule has 1 unspecified atom stereocenters. The maximum Gasteiger partial charge on any atom is 0.0689 e. The zero-order chi connectivity index (χ0) is 9.61. The molecule has 0 rings (SSSR count). The average Bonchev–Trinajstić information content (AvgIpc) is 2.00. The van der Waals surface area contributed by atoms with E-state index in [4.69, 9.17) is 11.2 Å². The Morgan fingerprint density at radius 3 is 2.50 bits per heavy atom. The monoisotopic (exact) mass is 169 g/mol. The van der Waals surface area contributed by atoms with Gasteiger partial charge in [0.15, 0.2) is 0 Å². The maximum atomic E-state index is 5.33. The molecule has 2 heteroatoms. The third kappa shape index (κ3) is 4.38. The van der Waals surface area contributed by atoms with Crippen LogP contribution in [0, 0.1) is 12.3 Å². The molecule has 0 bridgehead atoms. The van der Waals surface area contributed by atoms with Gasteiger partial charge in [0.2, 0.25) is 0 Å². The van der Waals surface area contributed by atoms with E-state index in [1.807, 2.05) is 0 Å². The Morgan fingerprint density at radius 1 is 1.58 bits per heavy atom. The van der Waals surface area contributed by atoms with Crippen LogP contribution in [0.25, 0.3) is 0 Å². The van der Waals surface area contributed by atoms with Crippen LogP contribution in [0.5, 0.6) is 0 Å². The van der Waals surface area contributed by atoms with Gasteiger partial charge in [-0.05, 0) is 20.3 Å². The predicted molar refractivity (Wildman–Crippen MR) is 52.0 cm³/mol. The second-order valence-electron chi connectivity index (χ2n) is 3.59. The average molecular weight is 169 g/mol. The van der Waals surface area contributed by atoms with Crippen LogP contribution in [0.4, 0.5) is 0 Å². The molecule has 0 aliphatic rings. The zero-order valence-corrected chi connectivity index (χ0v) is 8.48. The molecular weight excluding hydrogens is 150 g/mol. The Kier molecular flexibility index (Phi) is 4.96. The zero-order valence-electron chi connectivity index (χ0n) is 8.48.